The highest BCUT2D eigenvalue weighted by molar-refractivity contribution is 5.30. The maximum absolute atomic E-state index is 5.75. The lowest BCUT2D eigenvalue weighted by Gasteiger charge is -2.08. The lowest BCUT2D eigenvalue weighted by Crippen LogP contribution is -2.05. The molecular weight excluding hydrogens is 214 g/mol. The predicted octanol–water partition coefficient (Wildman–Crippen LogP) is 2.41. The van der Waals surface area contributed by atoms with Gasteiger partial charge in [0.2, 0.25) is 0 Å². The third-order valence-corrected chi connectivity index (χ3v) is 2.51. The third kappa shape index (κ3) is 2.85. The van der Waals surface area contributed by atoms with Crippen LogP contribution in [0.1, 0.15) is 12.5 Å². The molecule has 2 rings (SSSR count). The minimum atomic E-state index is 0.633. The van der Waals surface area contributed by atoms with E-state index in [0.29, 0.717) is 6.01 Å². The molecule has 90 valence electrons. The average Bonchev–Trinajstić information content (AvgIpc) is 2.77. The number of ether oxygens (including phenoxy) is 1. The molecule has 0 bridgehead atoms. The molecule has 2 aromatic rings. The highest BCUT2D eigenvalue weighted by atomic mass is 16.5. The van der Waals surface area contributed by atoms with E-state index in [1.54, 1.807) is 6.20 Å². The molecule has 0 spiro atoms. The zero-order valence-corrected chi connectivity index (χ0v) is 10.2. The second-order valence-corrected chi connectivity index (χ2v) is 3.78. The van der Waals surface area contributed by atoms with Crippen LogP contribution < -0.4 is 10.1 Å². The molecule has 1 aromatic heterocycles. The van der Waals surface area contributed by atoms with Crippen molar-refractivity contribution < 1.29 is 4.74 Å². The molecule has 0 unspecified atom stereocenters. The van der Waals surface area contributed by atoms with E-state index in [1.165, 1.54) is 5.56 Å². The van der Waals surface area contributed by atoms with E-state index in [1.807, 2.05) is 36.0 Å². The Kier molecular flexibility index (Phi) is 3.77. The van der Waals surface area contributed by atoms with Crippen LogP contribution in [0, 0.1) is 0 Å². The van der Waals surface area contributed by atoms with Crippen molar-refractivity contribution in [3.05, 3.63) is 42.2 Å². The number of aromatic nitrogens is 2. The van der Waals surface area contributed by atoms with Crippen molar-refractivity contribution in [1.82, 2.24) is 14.9 Å². The number of hydrogen-bond acceptors (Lipinski definition) is 3. The lowest BCUT2D eigenvalue weighted by molar-refractivity contribution is 0.414. The van der Waals surface area contributed by atoms with Crippen LogP contribution in [-0.4, -0.2) is 16.6 Å². The summed E-state index contributed by atoms with van der Waals surface area (Å²) in [4.78, 5) is 4.18. The summed E-state index contributed by atoms with van der Waals surface area (Å²) in [7, 11) is 1.93. The SMILES string of the molecule is CCn1ccnc1Oc1cccc(CNC)c1. The van der Waals surface area contributed by atoms with Crippen molar-refractivity contribution in [3.63, 3.8) is 0 Å². The number of benzene rings is 1. The summed E-state index contributed by atoms with van der Waals surface area (Å²) in [5.74, 6) is 0.818. The van der Waals surface area contributed by atoms with Crippen molar-refractivity contribution >= 4 is 0 Å². The van der Waals surface area contributed by atoms with Gasteiger partial charge in [-0.15, -0.1) is 0 Å². The molecule has 0 saturated carbocycles. The normalized spacial score (nSPS) is 10.5. The van der Waals surface area contributed by atoms with Gasteiger partial charge < -0.3 is 14.6 Å². The summed E-state index contributed by atoms with van der Waals surface area (Å²) in [5.41, 5.74) is 1.19. The van der Waals surface area contributed by atoms with E-state index in [9.17, 15) is 0 Å². The van der Waals surface area contributed by atoms with Crippen LogP contribution in [-0.2, 0) is 13.1 Å². The average molecular weight is 231 g/mol. The van der Waals surface area contributed by atoms with E-state index < -0.39 is 0 Å². The first-order valence-electron chi connectivity index (χ1n) is 5.76. The van der Waals surface area contributed by atoms with Crippen LogP contribution in [0.3, 0.4) is 0 Å². The van der Waals surface area contributed by atoms with Crippen LogP contribution >= 0.6 is 0 Å². The van der Waals surface area contributed by atoms with Gasteiger partial charge in [0.15, 0.2) is 0 Å². The van der Waals surface area contributed by atoms with Gasteiger partial charge in [0.25, 0.3) is 0 Å². The van der Waals surface area contributed by atoms with Gasteiger partial charge in [0.05, 0.1) is 0 Å². The first kappa shape index (κ1) is 11.7. The molecule has 0 amide bonds. The van der Waals surface area contributed by atoms with E-state index in [4.69, 9.17) is 4.74 Å². The number of hydrogen-bond donors (Lipinski definition) is 1. The van der Waals surface area contributed by atoms with E-state index >= 15 is 0 Å². The molecule has 1 aromatic carbocycles. The quantitative estimate of drug-likeness (QED) is 0.859. The maximum atomic E-state index is 5.75. The molecule has 0 atom stereocenters. The summed E-state index contributed by atoms with van der Waals surface area (Å²) in [5, 5.41) is 3.12. The topological polar surface area (TPSA) is 39.1 Å². The number of rotatable bonds is 5. The van der Waals surface area contributed by atoms with E-state index in [2.05, 4.69) is 23.3 Å². The largest absolute Gasteiger partial charge is 0.426 e. The molecule has 1 N–H and O–H groups in total. The second-order valence-electron chi connectivity index (χ2n) is 3.78. The van der Waals surface area contributed by atoms with Crippen LogP contribution in [0.2, 0.25) is 0 Å². The summed E-state index contributed by atoms with van der Waals surface area (Å²) in [6, 6.07) is 8.64. The Morgan fingerprint density at radius 1 is 1.41 bits per heavy atom. The number of nitrogens with zero attached hydrogens (tertiary/aromatic N) is 2. The van der Waals surface area contributed by atoms with Crippen molar-refractivity contribution in [2.45, 2.75) is 20.0 Å². The Morgan fingerprint density at radius 3 is 3.06 bits per heavy atom. The zero-order chi connectivity index (χ0) is 12.1. The molecule has 0 aliphatic heterocycles. The first-order chi connectivity index (χ1) is 8.33. The minimum absolute atomic E-state index is 0.633. The molecule has 4 heteroatoms. The highest BCUT2D eigenvalue weighted by Crippen LogP contribution is 2.20. The first-order valence-corrected chi connectivity index (χ1v) is 5.76. The van der Waals surface area contributed by atoms with Gasteiger partial charge >= 0.3 is 6.01 Å². The van der Waals surface area contributed by atoms with Crippen molar-refractivity contribution in [2.24, 2.45) is 0 Å². The van der Waals surface area contributed by atoms with E-state index in [0.717, 1.165) is 18.8 Å². The van der Waals surface area contributed by atoms with Gasteiger partial charge in [-0.05, 0) is 31.7 Å². The van der Waals surface area contributed by atoms with Gasteiger partial charge in [-0.3, -0.25) is 0 Å². The Morgan fingerprint density at radius 2 is 2.29 bits per heavy atom. The molecule has 0 radical (unpaired) electrons. The third-order valence-electron chi connectivity index (χ3n) is 2.51. The molecule has 0 aliphatic carbocycles. The smallest absolute Gasteiger partial charge is 0.301 e. The number of nitrogens with one attached hydrogen (secondary N) is 1. The van der Waals surface area contributed by atoms with Gasteiger partial charge in [0, 0.05) is 25.5 Å². The molecular formula is C13H17N3O. The molecule has 0 fully saturated rings. The maximum Gasteiger partial charge on any atom is 0.301 e. The van der Waals surface area contributed by atoms with Crippen LogP contribution in [0.25, 0.3) is 0 Å². The molecule has 0 aliphatic rings. The summed E-state index contributed by atoms with van der Waals surface area (Å²) in [6.45, 7) is 3.75. The fourth-order valence-electron chi connectivity index (χ4n) is 1.67. The number of imidazole rings is 1. The Hall–Kier alpha value is -1.81. The zero-order valence-electron chi connectivity index (χ0n) is 10.2. The van der Waals surface area contributed by atoms with Gasteiger partial charge in [-0.25, -0.2) is 4.98 Å². The molecule has 1 heterocycles. The van der Waals surface area contributed by atoms with Crippen LogP contribution in [0.4, 0.5) is 0 Å². The molecule has 4 nitrogen and oxygen atoms in total. The second kappa shape index (κ2) is 5.50. The van der Waals surface area contributed by atoms with Crippen molar-refractivity contribution in [2.75, 3.05) is 7.05 Å². The Bertz CT molecular complexity index is 479. The summed E-state index contributed by atoms with van der Waals surface area (Å²) >= 11 is 0. The van der Waals surface area contributed by atoms with Crippen LogP contribution in [0.15, 0.2) is 36.7 Å². The number of aryl methyl sites for hydroxylation is 1. The molecule has 0 saturated heterocycles. The fourth-order valence-corrected chi connectivity index (χ4v) is 1.67. The van der Waals surface area contributed by atoms with Gasteiger partial charge in [0.1, 0.15) is 5.75 Å². The monoisotopic (exact) mass is 231 g/mol. The Labute approximate surface area is 101 Å². The lowest BCUT2D eigenvalue weighted by atomic mass is 10.2. The predicted molar refractivity (Wildman–Crippen MR) is 67.2 cm³/mol. The fraction of sp³-hybridized carbons (Fsp3) is 0.308. The highest BCUT2D eigenvalue weighted by Gasteiger charge is 2.04. The van der Waals surface area contributed by atoms with E-state index in [-0.39, 0.29) is 0 Å². The summed E-state index contributed by atoms with van der Waals surface area (Å²) < 4.78 is 7.71. The molecule has 17 heavy (non-hydrogen) atoms. The van der Waals surface area contributed by atoms with Crippen molar-refractivity contribution in [1.29, 1.82) is 0 Å². The van der Waals surface area contributed by atoms with Crippen LogP contribution in [0.5, 0.6) is 11.8 Å². The van der Waals surface area contributed by atoms with Crippen molar-refractivity contribution in [3.8, 4) is 11.8 Å². The van der Waals surface area contributed by atoms with Gasteiger partial charge in [-0.2, -0.15) is 0 Å². The van der Waals surface area contributed by atoms with Gasteiger partial charge in [-0.1, -0.05) is 12.1 Å². The minimum Gasteiger partial charge on any atom is -0.426 e. The summed E-state index contributed by atoms with van der Waals surface area (Å²) in [6.07, 6.45) is 3.66. The Balaban J connectivity index is 2.15. The standard InChI is InChI=1S/C13H17N3O/c1-3-16-8-7-15-13(16)17-12-6-4-5-11(9-12)10-14-2/h4-9,14H,3,10H2,1-2H3.